The Morgan fingerprint density at radius 1 is 0.917 bits per heavy atom. The third-order valence-electron chi connectivity index (χ3n) is 5.16. The van der Waals surface area contributed by atoms with Gasteiger partial charge in [0.1, 0.15) is 5.75 Å². The maximum atomic E-state index is 12.5. The molecule has 0 aromatic heterocycles. The highest BCUT2D eigenvalue weighted by Crippen LogP contribution is 2.25. The lowest BCUT2D eigenvalue weighted by Gasteiger charge is -2.10. The van der Waals surface area contributed by atoms with Gasteiger partial charge in [0, 0.05) is 15.7 Å². The molecule has 0 saturated carbocycles. The summed E-state index contributed by atoms with van der Waals surface area (Å²) in [6, 6.07) is 23.8. The number of anilines is 1. The van der Waals surface area contributed by atoms with E-state index >= 15 is 0 Å². The van der Waals surface area contributed by atoms with Gasteiger partial charge in [-0.2, -0.15) is 5.10 Å². The molecule has 4 aromatic carbocycles. The molecule has 0 spiro atoms. The number of nitrogens with one attached hydrogen (secondary N) is 2. The van der Waals surface area contributed by atoms with Crippen molar-refractivity contribution in [2.24, 2.45) is 5.10 Å². The Balaban J connectivity index is 1.37. The van der Waals surface area contributed by atoms with Gasteiger partial charge in [0.2, 0.25) is 5.91 Å². The fraction of sp³-hybridized carbons (Fsp3) is 0.0741. The molecule has 182 valence electrons. The number of rotatable bonds is 8. The van der Waals surface area contributed by atoms with E-state index in [4.69, 9.17) is 27.9 Å². The minimum Gasteiger partial charge on any atom is -0.483 e. The SMILES string of the molecule is O=C(Cc1cccc2ccccc12)N/N=C/c1cc(Br)ccc1OCC(=O)Nc1ccc(Cl)c(Cl)c1. The average molecular weight is 585 g/mol. The van der Waals surface area contributed by atoms with Crippen molar-refractivity contribution < 1.29 is 14.3 Å². The molecule has 0 radical (unpaired) electrons. The first-order valence-electron chi connectivity index (χ1n) is 10.8. The molecular weight excluding hydrogens is 565 g/mol. The average Bonchev–Trinajstić information content (AvgIpc) is 2.86. The summed E-state index contributed by atoms with van der Waals surface area (Å²) in [4.78, 5) is 24.8. The molecule has 0 atom stereocenters. The van der Waals surface area contributed by atoms with Crippen LogP contribution in [-0.4, -0.2) is 24.6 Å². The van der Waals surface area contributed by atoms with E-state index < -0.39 is 0 Å². The first-order chi connectivity index (χ1) is 17.4. The van der Waals surface area contributed by atoms with E-state index in [0.717, 1.165) is 20.8 Å². The van der Waals surface area contributed by atoms with Crippen LogP contribution in [0.15, 0.2) is 88.4 Å². The zero-order valence-corrected chi connectivity index (χ0v) is 21.9. The first kappa shape index (κ1) is 25.7. The van der Waals surface area contributed by atoms with Gasteiger partial charge >= 0.3 is 0 Å². The van der Waals surface area contributed by atoms with Crippen LogP contribution in [-0.2, 0) is 16.0 Å². The summed E-state index contributed by atoms with van der Waals surface area (Å²) in [6.45, 7) is -0.240. The summed E-state index contributed by atoms with van der Waals surface area (Å²) in [6.07, 6.45) is 1.66. The van der Waals surface area contributed by atoms with Gasteiger partial charge in [0.05, 0.1) is 22.7 Å². The molecule has 0 heterocycles. The number of amides is 2. The fourth-order valence-corrected chi connectivity index (χ4v) is 4.18. The van der Waals surface area contributed by atoms with Crippen LogP contribution in [0, 0.1) is 0 Å². The van der Waals surface area contributed by atoms with Crippen LogP contribution >= 0.6 is 39.1 Å². The van der Waals surface area contributed by atoms with E-state index in [9.17, 15) is 9.59 Å². The number of hydrazone groups is 1. The van der Waals surface area contributed by atoms with Crippen molar-refractivity contribution in [3.05, 3.63) is 105 Å². The number of carbonyl (C=O) groups excluding carboxylic acids is 2. The molecule has 0 aliphatic carbocycles. The third kappa shape index (κ3) is 6.85. The molecule has 0 unspecified atom stereocenters. The highest BCUT2D eigenvalue weighted by molar-refractivity contribution is 9.10. The zero-order valence-electron chi connectivity index (χ0n) is 18.8. The Bertz CT molecular complexity index is 1450. The highest BCUT2D eigenvalue weighted by Gasteiger charge is 2.10. The lowest BCUT2D eigenvalue weighted by Crippen LogP contribution is -2.21. The van der Waals surface area contributed by atoms with E-state index in [2.05, 4.69) is 31.8 Å². The molecule has 0 aliphatic rings. The number of ether oxygens (including phenoxy) is 1. The van der Waals surface area contributed by atoms with Crippen LogP contribution in [0.5, 0.6) is 5.75 Å². The summed E-state index contributed by atoms with van der Waals surface area (Å²) in [5, 5.41) is 9.61. The minimum absolute atomic E-state index is 0.190. The lowest BCUT2D eigenvalue weighted by atomic mass is 10.0. The van der Waals surface area contributed by atoms with Gasteiger partial charge in [0.25, 0.3) is 5.91 Å². The number of hydrogen-bond donors (Lipinski definition) is 2. The van der Waals surface area contributed by atoms with E-state index in [-0.39, 0.29) is 24.8 Å². The first-order valence-corrected chi connectivity index (χ1v) is 12.4. The Labute approximate surface area is 226 Å². The standard InChI is InChI=1S/C27H20BrCl2N3O3/c28-20-8-11-25(36-16-27(35)32-21-9-10-23(29)24(30)14-21)19(12-20)15-31-33-26(34)13-18-6-3-5-17-4-1-2-7-22(17)18/h1-12,14-15H,13,16H2,(H,32,35)(H,33,34)/b31-15+. The second kappa shape index (κ2) is 12.0. The van der Waals surface area contributed by atoms with Crippen molar-refractivity contribution in [2.75, 3.05) is 11.9 Å². The maximum absolute atomic E-state index is 12.5. The molecule has 4 rings (SSSR count). The normalized spacial score (nSPS) is 11.0. The Morgan fingerprint density at radius 2 is 1.72 bits per heavy atom. The topological polar surface area (TPSA) is 79.8 Å². The van der Waals surface area contributed by atoms with Crippen molar-refractivity contribution in [3.8, 4) is 5.75 Å². The molecule has 0 fully saturated rings. The lowest BCUT2D eigenvalue weighted by molar-refractivity contribution is -0.120. The van der Waals surface area contributed by atoms with Gasteiger partial charge in [0.15, 0.2) is 6.61 Å². The summed E-state index contributed by atoms with van der Waals surface area (Å²) < 4.78 is 6.48. The number of hydrogen-bond acceptors (Lipinski definition) is 4. The molecule has 6 nitrogen and oxygen atoms in total. The van der Waals surface area contributed by atoms with Gasteiger partial charge in [-0.1, -0.05) is 81.6 Å². The van der Waals surface area contributed by atoms with Crippen molar-refractivity contribution in [2.45, 2.75) is 6.42 Å². The number of nitrogens with zero attached hydrogens (tertiary/aromatic N) is 1. The predicted molar refractivity (Wildman–Crippen MR) is 148 cm³/mol. The van der Waals surface area contributed by atoms with E-state index in [1.807, 2.05) is 42.5 Å². The van der Waals surface area contributed by atoms with Crippen molar-refractivity contribution in [1.82, 2.24) is 5.43 Å². The number of carbonyl (C=O) groups is 2. The fourth-order valence-electron chi connectivity index (χ4n) is 3.50. The predicted octanol–water partition coefficient (Wildman–Crippen LogP) is 6.62. The van der Waals surface area contributed by atoms with Crippen LogP contribution in [0.3, 0.4) is 0 Å². The largest absolute Gasteiger partial charge is 0.483 e. The van der Waals surface area contributed by atoms with E-state index in [1.54, 1.807) is 36.4 Å². The molecule has 9 heteroatoms. The second-order valence-corrected chi connectivity index (χ2v) is 9.49. The third-order valence-corrected chi connectivity index (χ3v) is 6.39. The molecule has 2 amide bonds. The molecule has 0 aliphatic heterocycles. The summed E-state index contributed by atoms with van der Waals surface area (Å²) in [7, 11) is 0. The van der Waals surface area contributed by atoms with Crippen molar-refractivity contribution in [3.63, 3.8) is 0 Å². The molecule has 0 saturated heterocycles. The summed E-state index contributed by atoms with van der Waals surface area (Å²) in [5.41, 5.74) is 4.56. The van der Waals surface area contributed by atoms with Crippen LogP contribution in [0.25, 0.3) is 10.8 Å². The van der Waals surface area contributed by atoms with Crippen LogP contribution in [0.1, 0.15) is 11.1 Å². The zero-order chi connectivity index (χ0) is 25.5. The minimum atomic E-state index is -0.373. The molecular formula is C27H20BrCl2N3O3. The molecule has 36 heavy (non-hydrogen) atoms. The number of fused-ring (bicyclic) bond motifs is 1. The van der Waals surface area contributed by atoms with E-state index in [1.165, 1.54) is 6.21 Å². The molecule has 4 aromatic rings. The maximum Gasteiger partial charge on any atom is 0.262 e. The molecule has 2 N–H and O–H groups in total. The Kier molecular flexibility index (Phi) is 8.59. The van der Waals surface area contributed by atoms with Gasteiger partial charge < -0.3 is 10.1 Å². The van der Waals surface area contributed by atoms with Crippen molar-refractivity contribution >= 4 is 73.6 Å². The van der Waals surface area contributed by atoms with Crippen LogP contribution in [0.4, 0.5) is 5.69 Å². The van der Waals surface area contributed by atoms with Crippen molar-refractivity contribution in [1.29, 1.82) is 0 Å². The van der Waals surface area contributed by atoms with Crippen LogP contribution in [0.2, 0.25) is 10.0 Å². The van der Waals surface area contributed by atoms with E-state index in [0.29, 0.717) is 27.0 Å². The Hall–Kier alpha value is -3.39. The second-order valence-electron chi connectivity index (χ2n) is 7.76. The summed E-state index contributed by atoms with van der Waals surface area (Å²) in [5.74, 6) is -0.196. The molecule has 0 bridgehead atoms. The Morgan fingerprint density at radius 3 is 2.56 bits per heavy atom. The van der Waals surface area contributed by atoms with Gasteiger partial charge in [-0.3, -0.25) is 9.59 Å². The number of benzene rings is 4. The van der Waals surface area contributed by atoms with Crippen LogP contribution < -0.4 is 15.5 Å². The van der Waals surface area contributed by atoms with Gasteiger partial charge in [-0.25, -0.2) is 5.43 Å². The van der Waals surface area contributed by atoms with Gasteiger partial charge in [-0.15, -0.1) is 0 Å². The monoisotopic (exact) mass is 583 g/mol. The number of halogens is 3. The highest BCUT2D eigenvalue weighted by atomic mass is 79.9. The smallest absolute Gasteiger partial charge is 0.262 e. The summed E-state index contributed by atoms with van der Waals surface area (Å²) >= 11 is 15.3. The van der Waals surface area contributed by atoms with Gasteiger partial charge in [-0.05, 0) is 52.7 Å². The quantitative estimate of drug-likeness (QED) is 0.180.